The molecule has 1 N–H and O–H groups in total. The third-order valence-electron chi connectivity index (χ3n) is 4.77. The minimum Gasteiger partial charge on any atom is -0.345 e. The first-order valence-electron chi connectivity index (χ1n) is 9.53. The number of hydrogen-bond donors (Lipinski definition) is 1. The summed E-state index contributed by atoms with van der Waals surface area (Å²) in [6.07, 6.45) is 7.26. The van der Waals surface area contributed by atoms with Crippen molar-refractivity contribution in [2.75, 3.05) is 0 Å². The summed E-state index contributed by atoms with van der Waals surface area (Å²) in [6.45, 7) is 3.08. The molecule has 1 aromatic carbocycles. The third kappa shape index (κ3) is 4.58. The molecule has 0 aliphatic carbocycles. The molecule has 0 atom stereocenters. The zero-order valence-electron chi connectivity index (χ0n) is 16.2. The van der Waals surface area contributed by atoms with Gasteiger partial charge < -0.3 is 9.88 Å². The molecule has 0 aliphatic heterocycles. The van der Waals surface area contributed by atoms with Crippen LogP contribution in [0.25, 0.3) is 11.1 Å². The van der Waals surface area contributed by atoms with Gasteiger partial charge in [-0.2, -0.15) is 0 Å². The minimum atomic E-state index is -0.122. The molecule has 3 heterocycles. The lowest BCUT2D eigenvalue weighted by atomic mass is 10.1. The summed E-state index contributed by atoms with van der Waals surface area (Å²) in [6, 6.07) is 19.9. The van der Waals surface area contributed by atoms with E-state index in [1.165, 1.54) is 5.56 Å². The molecule has 0 saturated carbocycles. The topological polar surface area (TPSA) is 59.8 Å². The molecule has 4 rings (SSSR count). The average Bonchev–Trinajstić information content (AvgIpc) is 3.19. The normalized spacial score (nSPS) is 10.7. The van der Waals surface area contributed by atoms with E-state index < -0.39 is 0 Å². The zero-order valence-corrected chi connectivity index (χ0v) is 16.2. The Kier molecular flexibility index (Phi) is 5.47. The van der Waals surface area contributed by atoms with Gasteiger partial charge >= 0.3 is 0 Å². The molecule has 0 aliphatic rings. The van der Waals surface area contributed by atoms with Crippen LogP contribution in [0, 0.1) is 6.92 Å². The first-order chi connectivity index (χ1) is 14.2. The van der Waals surface area contributed by atoms with Gasteiger partial charge in [-0.1, -0.05) is 35.9 Å². The second-order valence-electron chi connectivity index (χ2n) is 6.97. The third-order valence-corrected chi connectivity index (χ3v) is 4.77. The lowest BCUT2D eigenvalue weighted by Gasteiger charge is -2.10. The fourth-order valence-electron chi connectivity index (χ4n) is 3.19. The fourth-order valence-corrected chi connectivity index (χ4v) is 3.19. The summed E-state index contributed by atoms with van der Waals surface area (Å²) in [5, 5.41) is 2.98. The highest BCUT2D eigenvalue weighted by atomic mass is 16.1. The van der Waals surface area contributed by atoms with Crippen LogP contribution < -0.4 is 5.32 Å². The lowest BCUT2D eigenvalue weighted by molar-refractivity contribution is 0.0941. The zero-order chi connectivity index (χ0) is 20.1. The van der Waals surface area contributed by atoms with E-state index >= 15 is 0 Å². The number of rotatable bonds is 6. The molecule has 5 heteroatoms. The molecule has 0 saturated heterocycles. The molecule has 0 fully saturated rings. The van der Waals surface area contributed by atoms with Gasteiger partial charge in [-0.15, -0.1) is 0 Å². The van der Waals surface area contributed by atoms with E-state index in [1.807, 2.05) is 47.2 Å². The number of aryl methyl sites for hydroxylation is 1. The summed E-state index contributed by atoms with van der Waals surface area (Å²) in [4.78, 5) is 21.3. The van der Waals surface area contributed by atoms with Crippen molar-refractivity contribution in [3.63, 3.8) is 0 Å². The van der Waals surface area contributed by atoms with Crippen molar-refractivity contribution in [3.05, 3.63) is 108 Å². The Morgan fingerprint density at radius 1 is 0.966 bits per heavy atom. The molecule has 0 bridgehead atoms. The summed E-state index contributed by atoms with van der Waals surface area (Å²) in [7, 11) is 0. The minimum absolute atomic E-state index is 0.122. The standard InChI is InChI=1S/C24H22N4O/c1-18-5-7-19(8-6-18)16-28-17-21(20-9-12-25-13-10-20)14-23(28)24(29)27-15-22-4-2-3-11-26-22/h2-14,17H,15-16H2,1H3,(H,27,29). The van der Waals surface area contributed by atoms with Gasteiger partial charge in [0.05, 0.1) is 12.2 Å². The van der Waals surface area contributed by atoms with Gasteiger partial charge in [-0.25, -0.2) is 0 Å². The van der Waals surface area contributed by atoms with E-state index in [4.69, 9.17) is 0 Å². The molecule has 4 aromatic rings. The van der Waals surface area contributed by atoms with Crippen molar-refractivity contribution in [3.8, 4) is 11.1 Å². The van der Waals surface area contributed by atoms with Crippen molar-refractivity contribution in [2.45, 2.75) is 20.0 Å². The van der Waals surface area contributed by atoms with Crippen LogP contribution >= 0.6 is 0 Å². The Labute approximate surface area is 170 Å². The van der Waals surface area contributed by atoms with Crippen LogP contribution in [0.4, 0.5) is 0 Å². The number of pyridine rings is 2. The smallest absolute Gasteiger partial charge is 0.268 e. The lowest BCUT2D eigenvalue weighted by Crippen LogP contribution is -2.25. The molecule has 1 amide bonds. The van der Waals surface area contributed by atoms with E-state index in [1.54, 1.807) is 18.6 Å². The van der Waals surface area contributed by atoms with E-state index in [0.717, 1.165) is 22.4 Å². The summed E-state index contributed by atoms with van der Waals surface area (Å²) in [5.74, 6) is -0.122. The Morgan fingerprint density at radius 3 is 2.48 bits per heavy atom. The summed E-state index contributed by atoms with van der Waals surface area (Å²) >= 11 is 0. The van der Waals surface area contributed by atoms with E-state index in [2.05, 4.69) is 46.5 Å². The number of carbonyl (C=O) groups is 1. The van der Waals surface area contributed by atoms with Crippen molar-refractivity contribution in [2.24, 2.45) is 0 Å². The van der Waals surface area contributed by atoms with Crippen LogP contribution in [0.3, 0.4) is 0 Å². The predicted molar refractivity (Wildman–Crippen MR) is 113 cm³/mol. The first-order valence-corrected chi connectivity index (χ1v) is 9.53. The van der Waals surface area contributed by atoms with Crippen molar-refractivity contribution < 1.29 is 4.79 Å². The second kappa shape index (κ2) is 8.52. The van der Waals surface area contributed by atoms with Crippen molar-refractivity contribution in [1.82, 2.24) is 19.9 Å². The number of amides is 1. The second-order valence-corrected chi connectivity index (χ2v) is 6.97. The van der Waals surface area contributed by atoms with Gasteiger partial charge in [0.1, 0.15) is 5.69 Å². The van der Waals surface area contributed by atoms with Crippen LogP contribution in [-0.4, -0.2) is 20.4 Å². The van der Waals surface area contributed by atoms with E-state index in [-0.39, 0.29) is 5.91 Å². The number of benzene rings is 1. The van der Waals surface area contributed by atoms with E-state index in [0.29, 0.717) is 18.8 Å². The van der Waals surface area contributed by atoms with E-state index in [9.17, 15) is 4.79 Å². The maximum absolute atomic E-state index is 13.0. The monoisotopic (exact) mass is 382 g/mol. The Bertz CT molecular complexity index is 1090. The summed E-state index contributed by atoms with van der Waals surface area (Å²) < 4.78 is 1.99. The Morgan fingerprint density at radius 2 is 1.76 bits per heavy atom. The molecular formula is C24H22N4O. The average molecular weight is 382 g/mol. The van der Waals surface area contributed by atoms with Crippen molar-refractivity contribution in [1.29, 1.82) is 0 Å². The molecule has 29 heavy (non-hydrogen) atoms. The highest BCUT2D eigenvalue weighted by molar-refractivity contribution is 5.94. The first kappa shape index (κ1) is 18.6. The van der Waals surface area contributed by atoms with Crippen LogP contribution in [0.15, 0.2) is 85.5 Å². The van der Waals surface area contributed by atoms with Crippen LogP contribution in [0.5, 0.6) is 0 Å². The maximum atomic E-state index is 13.0. The van der Waals surface area contributed by atoms with Gasteiger partial charge in [-0.3, -0.25) is 14.8 Å². The highest BCUT2D eigenvalue weighted by Crippen LogP contribution is 2.23. The molecule has 5 nitrogen and oxygen atoms in total. The number of nitrogens with zero attached hydrogens (tertiary/aromatic N) is 3. The molecular weight excluding hydrogens is 360 g/mol. The predicted octanol–water partition coefficient (Wildman–Crippen LogP) is 4.23. The quantitative estimate of drug-likeness (QED) is 0.543. The number of hydrogen-bond acceptors (Lipinski definition) is 3. The largest absolute Gasteiger partial charge is 0.345 e. The fraction of sp³-hybridized carbons (Fsp3) is 0.125. The number of carbonyl (C=O) groups excluding carboxylic acids is 1. The van der Waals surface area contributed by atoms with Gasteiger partial charge in [0.15, 0.2) is 0 Å². The van der Waals surface area contributed by atoms with Crippen LogP contribution in [0.2, 0.25) is 0 Å². The Balaban J connectivity index is 1.61. The van der Waals surface area contributed by atoms with Gasteiger partial charge in [0, 0.05) is 36.9 Å². The molecule has 0 spiro atoms. The maximum Gasteiger partial charge on any atom is 0.268 e. The molecule has 144 valence electrons. The SMILES string of the molecule is Cc1ccc(Cn2cc(-c3ccncc3)cc2C(=O)NCc2ccccn2)cc1. The molecule has 3 aromatic heterocycles. The number of nitrogens with one attached hydrogen (secondary N) is 1. The number of aromatic nitrogens is 3. The van der Waals surface area contributed by atoms with Crippen molar-refractivity contribution >= 4 is 5.91 Å². The van der Waals surface area contributed by atoms with Gasteiger partial charge in [0.25, 0.3) is 5.91 Å². The molecule has 0 unspecified atom stereocenters. The van der Waals surface area contributed by atoms with Crippen LogP contribution in [0.1, 0.15) is 27.3 Å². The van der Waals surface area contributed by atoms with Gasteiger partial charge in [-0.05, 0) is 48.4 Å². The Hall–Kier alpha value is -3.73. The summed E-state index contributed by atoms with van der Waals surface area (Å²) in [5.41, 5.74) is 5.82. The molecule has 0 radical (unpaired) electrons. The van der Waals surface area contributed by atoms with Crippen LogP contribution in [-0.2, 0) is 13.1 Å². The van der Waals surface area contributed by atoms with Gasteiger partial charge in [0.2, 0.25) is 0 Å². The highest BCUT2D eigenvalue weighted by Gasteiger charge is 2.15.